The molecule has 0 bridgehead atoms. The van der Waals surface area contributed by atoms with Crippen LogP contribution in [-0.2, 0) is 11.0 Å². The fraction of sp³-hybridized carbons (Fsp3) is 0.409. The third-order valence-corrected chi connectivity index (χ3v) is 5.84. The number of methoxy groups -OCH3 is 1. The summed E-state index contributed by atoms with van der Waals surface area (Å²) in [7, 11) is 1.26. The number of rotatable bonds is 5. The number of hydrogen-bond acceptors (Lipinski definition) is 7. The first kappa shape index (κ1) is 25.1. The van der Waals surface area contributed by atoms with Crippen molar-refractivity contribution in [1.82, 2.24) is 29.8 Å². The van der Waals surface area contributed by atoms with E-state index < -0.39 is 35.4 Å². The first-order valence-electron chi connectivity index (χ1n) is 10.9. The van der Waals surface area contributed by atoms with E-state index in [-0.39, 0.29) is 53.4 Å². The lowest BCUT2D eigenvalue weighted by Gasteiger charge is -2.19. The Bertz CT molecular complexity index is 1320. The molecule has 2 atom stereocenters. The van der Waals surface area contributed by atoms with Crippen LogP contribution in [0.2, 0.25) is 0 Å². The van der Waals surface area contributed by atoms with Gasteiger partial charge in [0.05, 0.1) is 31.0 Å². The number of nitrogens with two attached hydrogens (primary N) is 1. The molecule has 0 spiro atoms. The molecule has 1 aliphatic heterocycles. The van der Waals surface area contributed by atoms with Gasteiger partial charge in [-0.05, 0) is 12.1 Å². The van der Waals surface area contributed by atoms with Crippen LogP contribution in [0.4, 0.5) is 23.4 Å². The van der Waals surface area contributed by atoms with E-state index in [4.69, 9.17) is 10.5 Å². The van der Waals surface area contributed by atoms with Gasteiger partial charge in [-0.15, -0.1) is 0 Å². The molecule has 36 heavy (non-hydrogen) atoms. The number of halogens is 4. The highest BCUT2D eigenvalue weighted by Crippen LogP contribution is 2.39. The van der Waals surface area contributed by atoms with Crippen molar-refractivity contribution in [3.63, 3.8) is 0 Å². The first-order chi connectivity index (χ1) is 16.9. The van der Waals surface area contributed by atoms with E-state index >= 15 is 0 Å². The lowest BCUT2D eigenvalue weighted by molar-refractivity contribution is -0.136. The second kappa shape index (κ2) is 9.24. The fourth-order valence-corrected chi connectivity index (χ4v) is 4.10. The first-order valence-corrected chi connectivity index (χ1v) is 10.9. The normalized spacial score (nSPS) is 18.2. The summed E-state index contributed by atoms with van der Waals surface area (Å²) in [6, 6.07) is 1.11. The van der Waals surface area contributed by atoms with Crippen molar-refractivity contribution in [2.45, 2.75) is 32.2 Å². The molecule has 3 aromatic heterocycles. The molecule has 1 saturated heterocycles. The summed E-state index contributed by atoms with van der Waals surface area (Å²) in [5, 5.41) is 6.42. The molecule has 14 heteroatoms. The van der Waals surface area contributed by atoms with Gasteiger partial charge in [-0.1, -0.05) is 13.8 Å². The number of anilines is 1. The molecule has 0 aliphatic carbocycles. The monoisotopic (exact) mass is 509 g/mol. The number of nitrogens with zero attached hydrogens (tertiary/aromatic N) is 5. The van der Waals surface area contributed by atoms with E-state index in [1.807, 2.05) is 0 Å². The maximum atomic E-state index is 14.6. The SMILES string of the molecule is COc1ncc(-c2cc(C(F)(F)F)c3c(N)ncnn23)cc1C(=O)N[C@@H]1CN(C(=O)C(C)C)C[C@@H]1F. The van der Waals surface area contributed by atoms with E-state index in [0.717, 1.165) is 16.9 Å². The molecular formula is C22H23F4N7O3. The second-order valence-corrected chi connectivity index (χ2v) is 8.62. The van der Waals surface area contributed by atoms with E-state index in [0.29, 0.717) is 0 Å². The van der Waals surface area contributed by atoms with Crippen molar-refractivity contribution in [2.24, 2.45) is 5.92 Å². The van der Waals surface area contributed by atoms with Gasteiger partial charge in [0.15, 0.2) is 5.82 Å². The zero-order valence-corrected chi connectivity index (χ0v) is 19.5. The molecule has 0 saturated carbocycles. The number of nitrogen functional groups attached to an aromatic ring is 1. The molecule has 2 amide bonds. The Balaban J connectivity index is 1.70. The van der Waals surface area contributed by atoms with Crippen LogP contribution >= 0.6 is 0 Å². The average molecular weight is 509 g/mol. The number of nitrogens with one attached hydrogen (secondary N) is 1. The number of carbonyl (C=O) groups is 2. The number of fused-ring (bicyclic) bond motifs is 1. The summed E-state index contributed by atoms with van der Waals surface area (Å²) in [5.74, 6) is -1.83. The van der Waals surface area contributed by atoms with Crippen molar-refractivity contribution in [2.75, 3.05) is 25.9 Å². The number of aromatic nitrogens is 4. The van der Waals surface area contributed by atoms with Gasteiger partial charge < -0.3 is 20.7 Å². The standard InChI is InChI=1S/C22H23F4N7O3/c1-10(2)21(35)32-7-14(23)15(8-32)31-19(34)12-4-11(6-28-20(12)36-3)16-5-13(22(24,25)26)17-18(27)29-9-30-33(16)17/h4-6,9-10,14-15H,7-8H2,1-3H3,(H,31,34)(H2,27,29,30)/t14-,15+/m0/s1. The van der Waals surface area contributed by atoms with Crippen LogP contribution in [0, 0.1) is 5.92 Å². The minimum atomic E-state index is -4.75. The van der Waals surface area contributed by atoms with Crippen molar-refractivity contribution in [1.29, 1.82) is 0 Å². The summed E-state index contributed by atoms with van der Waals surface area (Å²) < 4.78 is 61.7. The van der Waals surface area contributed by atoms with Gasteiger partial charge in [0.1, 0.15) is 23.6 Å². The lowest BCUT2D eigenvalue weighted by atomic mass is 10.1. The smallest absolute Gasteiger partial charge is 0.418 e. The molecule has 10 nitrogen and oxygen atoms in total. The molecule has 0 aromatic carbocycles. The average Bonchev–Trinajstić information content (AvgIpc) is 3.39. The number of amides is 2. The number of alkyl halides is 4. The summed E-state index contributed by atoms with van der Waals surface area (Å²) >= 11 is 0. The summed E-state index contributed by atoms with van der Waals surface area (Å²) in [6.45, 7) is 3.21. The maximum absolute atomic E-state index is 14.6. The van der Waals surface area contributed by atoms with Crippen LogP contribution in [-0.4, -0.2) is 68.7 Å². The van der Waals surface area contributed by atoms with Crippen LogP contribution in [0.15, 0.2) is 24.7 Å². The molecule has 0 radical (unpaired) electrons. The van der Waals surface area contributed by atoms with Crippen LogP contribution in [0.1, 0.15) is 29.8 Å². The Labute approximate surface area is 202 Å². The van der Waals surface area contributed by atoms with Crippen LogP contribution in [0.25, 0.3) is 16.8 Å². The summed E-state index contributed by atoms with van der Waals surface area (Å²) in [4.78, 5) is 34.3. The topological polar surface area (TPSA) is 128 Å². The van der Waals surface area contributed by atoms with E-state index in [1.165, 1.54) is 24.3 Å². The van der Waals surface area contributed by atoms with Crippen LogP contribution < -0.4 is 15.8 Å². The van der Waals surface area contributed by atoms with Crippen molar-refractivity contribution in [3.05, 3.63) is 35.8 Å². The predicted octanol–water partition coefficient (Wildman–Crippen LogP) is 2.34. The predicted molar refractivity (Wildman–Crippen MR) is 120 cm³/mol. The van der Waals surface area contributed by atoms with Gasteiger partial charge in [0.2, 0.25) is 11.8 Å². The highest BCUT2D eigenvalue weighted by atomic mass is 19.4. The Morgan fingerprint density at radius 1 is 1.22 bits per heavy atom. The Kier molecular flexibility index (Phi) is 6.45. The third-order valence-electron chi connectivity index (χ3n) is 5.84. The Hall–Kier alpha value is -3.97. The van der Waals surface area contributed by atoms with E-state index in [2.05, 4.69) is 20.4 Å². The zero-order valence-electron chi connectivity index (χ0n) is 19.5. The molecule has 4 rings (SSSR count). The Morgan fingerprint density at radius 2 is 1.94 bits per heavy atom. The molecule has 192 valence electrons. The lowest BCUT2D eigenvalue weighted by Crippen LogP contribution is -2.42. The molecule has 1 aliphatic rings. The molecule has 0 unspecified atom stereocenters. The number of ether oxygens (including phenoxy) is 1. The van der Waals surface area contributed by atoms with Gasteiger partial charge in [-0.3, -0.25) is 9.59 Å². The molecule has 3 N–H and O–H groups in total. The highest BCUT2D eigenvalue weighted by Gasteiger charge is 2.38. The molecule has 1 fully saturated rings. The molecule has 4 heterocycles. The van der Waals surface area contributed by atoms with Gasteiger partial charge in [-0.25, -0.2) is 18.9 Å². The molecular weight excluding hydrogens is 486 g/mol. The Morgan fingerprint density at radius 3 is 2.58 bits per heavy atom. The number of pyridine rings is 1. The quantitative estimate of drug-likeness (QED) is 0.506. The van der Waals surface area contributed by atoms with Gasteiger partial charge in [0, 0.05) is 24.2 Å². The van der Waals surface area contributed by atoms with Gasteiger partial charge in [-0.2, -0.15) is 18.3 Å². The fourth-order valence-electron chi connectivity index (χ4n) is 4.10. The van der Waals surface area contributed by atoms with Crippen molar-refractivity contribution >= 4 is 23.1 Å². The summed E-state index contributed by atoms with van der Waals surface area (Å²) in [5.41, 5.74) is 4.11. The minimum absolute atomic E-state index is 0.0200. The largest absolute Gasteiger partial charge is 0.480 e. The zero-order chi connectivity index (χ0) is 26.4. The molecule has 3 aromatic rings. The maximum Gasteiger partial charge on any atom is 0.418 e. The van der Waals surface area contributed by atoms with Crippen LogP contribution in [0.3, 0.4) is 0 Å². The van der Waals surface area contributed by atoms with Crippen LogP contribution in [0.5, 0.6) is 5.88 Å². The van der Waals surface area contributed by atoms with Crippen molar-refractivity contribution < 1.29 is 31.9 Å². The second-order valence-electron chi connectivity index (χ2n) is 8.62. The third kappa shape index (κ3) is 4.50. The van der Waals surface area contributed by atoms with Gasteiger partial charge >= 0.3 is 6.18 Å². The van der Waals surface area contributed by atoms with Gasteiger partial charge in [0.25, 0.3) is 5.91 Å². The minimum Gasteiger partial charge on any atom is -0.480 e. The summed E-state index contributed by atoms with van der Waals surface area (Å²) in [6.07, 6.45) is -4.03. The number of carbonyl (C=O) groups excluding carboxylic acids is 2. The number of likely N-dealkylation sites (tertiary alicyclic amines) is 1. The van der Waals surface area contributed by atoms with E-state index in [9.17, 15) is 27.2 Å². The number of hydrogen-bond donors (Lipinski definition) is 2. The van der Waals surface area contributed by atoms with E-state index in [1.54, 1.807) is 13.8 Å². The van der Waals surface area contributed by atoms with Crippen molar-refractivity contribution in [3.8, 4) is 17.1 Å². The highest BCUT2D eigenvalue weighted by molar-refractivity contribution is 5.98.